The lowest BCUT2D eigenvalue weighted by molar-refractivity contribution is -0.292. The number of nitrogens with one attached hydrogen (secondary N) is 1. The highest BCUT2D eigenvalue weighted by Crippen LogP contribution is 2.42. The fourth-order valence-corrected chi connectivity index (χ4v) is 1.73. The Balaban J connectivity index is 2.84. The summed E-state index contributed by atoms with van der Waals surface area (Å²) < 4.78 is 63.2. The van der Waals surface area contributed by atoms with Gasteiger partial charge in [-0.1, -0.05) is 11.6 Å². The lowest BCUT2D eigenvalue weighted by Crippen LogP contribution is -2.37. The van der Waals surface area contributed by atoms with E-state index in [1.165, 1.54) is 11.9 Å². The van der Waals surface area contributed by atoms with Gasteiger partial charge in [0.15, 0.2) is 5.82 Å². The van der Waals surface area contributed by atoms with Gasteiger partial charge in [-0.05, 0) is 6.92 Å². The van der Waals surface area contributed by atoms with E-state index in [2.05, 4.69) is 9.97 Å². The molecule has 0 saturated heterocycles. The third kappa shape index (κ3) is 2.11. The topological polar surface area (TPSA) is 58.6 Å². The second-order valence-electron chi connectivity index (χ2n) is 3.90. The van der Waals surface area contributed by atoms with Crippen LogP contribution >= 0.6 is 11.6 Å². The number of hydrogen-bond donors (Lipinski definition) is 1. The zero-order valence-electron chi connectivity index (χ0n) is 9.65. The highest BCUT2D eigenvalue weighted by atomic mass is 35.5. The summed E-state index contributed by atoms with van der Waals surface area (Å²) >= 11 is 5.63. The minimum absolute atomic E-state index is 0.111. The predicted molar refractivity (Wildman–Crippen MR) is 59.9 cm³/mol. The van der Waals surface area contributed by atoms with Gasteiger partial charge < -0.3 is 4.98 Å². The molecule has 0 amide bonds. The predicted octanol–water partition coefficient (Wildman–Crippen LogP) is 2.93. The number of nitrogens with zero attached hydrogens (tertiary/aromatic N) is 2. The van der Waals surface area contributed by atoms with Crippen LogP contribution in [-0.4, -0.2) is 21.1 Å². The fourth-order valence-electron chi connectivity index (χ4n) is 1.54. The molecular formula is C10H5ClF5N3O. The van der Waals surface area contributed by atoms with Crippen molar-refractivity contribution in [3.8, 4) is 0 Å². The number of hydrogen-bond acceptors (Lipinski definition) is 3. The van der Waals surface area contributed by atoms with Gasteiger partial charge in [-0.3, -0.25) is 9.78 Å². The monoisotopic (exact) mass is 313 g/mol. The average molecular weight is 314 g/mol. The number of alkyl halides is 5. The summed E-state index contributed by atoms with van der Waals surface area (Å²) in [7, 11) is 0. The van der Waals surface area contributed by atoms with Crippen LogP contribution in [0.4, 0.5) is 22.0 Å². The third-order valence-corrected chi connectivity index (χ3v) is 2.81. The molecule has 0 aromatic carbocycles. The normalized spacial score (nSPS) is 12.9. The van der Waals surface area contributed by atoms with Gasteiger partial charge in [0.05, 0.1) is 16.1 Å². The van der Waals surface area contributed by atoms with Crippen molar-refractivity contribution < 1.29 is 22.0 Å². The fraction of sp³-hybridized carbons (Fsp3) is 0.300. The van der Waals surface area contributed by atoms with Crippen molar-refractivity contribution in [3.05, 3.63) is 33.1 Å². The molecule has 2 aromatic heterocycles. The molecule has 0 spiro atoms. The lowest BCUT2D eigenvalue weighted by atomic mass is 10.2. The largest absolute Gasteiger partial charge is 0.461 e. The second kappa shape index (κ2) is 4.37. The minimum Gasteiger partial charge on any atom is -0.305 e. The smallest absolute Gasteiger partial charge is 0.305 e. The number of aryl methyl sites for hydroxylation is 1. The molecule has 0 radical (unpaired) electrons. The maximum Gasteiger partial charge on any atom is 0.461 e. The van der Waals surface area contributed by atoms with Crippen molar-refractivity contribution in [2.45, 2.75) is 19.0 Å². The maximum atomic E-state index is 13.2. The summed E-state index contributed by atoms with van der Waals surface area (Å²) in [4.78, 5) is 19.9. The summed E-state index contributed by atoms with van der Waals surface area (Å²) in [5, 5.41) is -0.532. The molecule has 20 heavy (non-hydrogen) atoms. The Hall–Kier alpha value is -1.77. The molecule has 108 valence electrons. The van der Waals surface area contributed by atoms with Gasteiger partial charge in [0.2, 0.25) is 0 Å². The number of aromatic amines is 1. The molecule has 0 unspecified atom stereocenters. The van der Waals surface area contributed by atoms with Crippen LogP contribution in [0.25, 0.3) is 10.9 Å². The number of fused-ring (bicyclic) bond motifs is 1. The SMILES string of the molecule is Cc1ncc(Cl)c2nc(C(F)(F)C(F)(F)F)[nH]c(=O)c12. The average Bonchev–Trinajstić information content (AvgIpc) is 2.31. The van der Waals surface area contributed by atoms with Crippen molar-refractivity contribution in [2.24, 2.45) is 0 Å². The van der Waals surface area contributed by atoms with E-state index >= 15 is 0 Å². The number of H-pyrrole nitrogens is 1. The molecule has 1 N–H and O–H groups in total. The Morgan fingerprint density at radius 2 is 1.85 bits per heavy atom. The summed E-state index contributed by atoms with van der Waals surface area (Å²) in [6.45, 7) is 1.37. The Bertz CT molecular complexity index is 740. The number of rotatable bonds is 1. The first kappa shape index (κ1) is 14.6. The molecule has 2 heterocycles. The Kier molecular flexibility index (Phi) is 3.20. The van der Waals surface area contributed by atoms with Crippen LogP contribution < -0.4 is 5.56 Å². The van der Waals surface area contributed by atoms with E-state index in [0.29, 0.717) is 0 Å². The summed E-state index contributed by atoms with van der Waals surface area (Å²) in [6.07, 6.45) is -4.87. The van der Waals surface area contributed by atoms with Crippen molar-refractivity contribution in [1.82, 2.24) is 15.0 Å². The van der Waals surface area contributed by atoms with Gasteiger partial charge in [0.1, 0.15) is 5.52 Å². The van der Waals surface area contributed by atoms with Crippen LogP contribution in [0.15, 0.2) is 11.0 Å². The molecule has 0 aliphatic carbocycles. The summed E-state index contributed by atoms with van der Waals surface area (Å²) in [5.41, 5.74) is -1.51. The molecule has 0 aliphatic rings. The Morgan fingerprint density at radius 3 is 2.40 bits per heavy atom. The van der Waals surface area contributed by atoms with Gasteiger partial charge in [-0.2, -0.15) is 22.0 Å². The molecule has 0 fully saturated rings. The molecular weight excluding hydrogens is 309 g/mol. The zero-order chi connectivity index (χ0) is 15.3. The molecule has 10 heteroatoms. The van der Waals surface area contributed by atoms with Crippen LogP contribution in [-0.2, 0) is 5.92 Å². The minimum atomic E-state index is -5.88. The molecule has 0 aliphatic heterocycles. The quantitative estimate of drug-likeness (QED) is 0.824. The number of pyridine rings is 1. The highest BCUT2D eigenvalue weighted by Gasteiger charge is 2.61. The maximum absolute atomic E-state index is 13.2. The van der Waals surface area contributed by atoms with E-state index in [1.54, 1.807) is 0 Å². The van der Waals surface area contributed by atoms with E-state index in [0.717, 1.165) is 6.20 Å². The van der Waals surface area contributed by atoms with E-state index in [1.807, 2.05) is 0 Å². The number of aromatic nitrogens is 3. The highest BCUT2D eigenvalue weighted by molar-refractivity contribution is 6.34. The first-order chi connectivity index (χ1) is 9.05. The first-order valence-corrected chi connectivity index (χ1v) is 5.43. The van der Waals surface area contributed by atoms with Crippen LogP contribution in [0.5, 0.6) is 0 Å². The molecule has 0 atom stereocenters. The van der Waals surface area contributed by atoms with Crippen LogP contribution in [0.1, 0.15) is 11.5 Å². The van der Waals surface area contributed by atoms with E-state index in [4.69, 9.17) is 11.6 Å². The molecule has 0 saturated carbocycles. The Morgan fingerprint density at radius 1 is 1.25 bits per heavy atom. The summed E-state index contributed by atoms with van der Waals surface area (Å²) in [6, 6.07) is 0. The number of halogens is 6. The van der Waals surface area contributed by atoms with Crippen molar-refractivity contribution in [2.75, 3.05) is 0 Å². The van der Waals surface area contributed by atoms with Crippen molar-refractivity contribution >= 4 is 22.5 Å². The third-order valence-electron chi connectivity index (χ3n) is 2.53. The zero-order valence-corrected chi connectivity index (χ0v) is 10.4. The van der Waals surface area contributed by atoms with E-state index < -0.39 is 29.0 Å². The van der Waals surface area contributed by atoms with Crippen LogP contribution in [0, 0.1) is 6.92 Å². The van der Waals surface area contributed by atoms with Crippen LogP contribution in [0.2, 0.25) is 5.02 Å². The molecule has 4 nitrogen and oxygen atoms in total. The van der Waals surface area contributed by atoms with Crippen molar-refractivity contribution in [3.63, 3.8) is 0 Å². The molecule has 2 aromatic rings. The van der Waals surface area contributed by atoms with Gasteiger partial charge in [-0.25, -0.2) is 4.98 Å². The second-order valence-corrected chi connectivity index (χ2v) is 4.31. The molecule has 0 bridgehead atoms. The van der Waals surface area contributed by atoms with Gasteiger partial charge >= 0.3 is 12.1 Å². The summed E-state index contributed by atoms with van der Waals surface area (Å²) in [5.74, 6) is -7.10. The molecule has 2 rings (SSSR count). The van der Waals surface area contributed by atoms with E-state index in [-0.39, 0.29) is 16.1 Å². The van der Waals surface area contributed by atoms with Crippen molar-refractivity contribution in [1.29, 1.82) is 0 Å². The van der Waals surface area contributed by atoms with Gasteiger partial charge in [-0.15, -0.1) is 0 Å². The van der Waals surface area contributed by atoms with Gasteiger partial charge in [0, 0.05) is 6.20 Å². The standard InChI is InChI=1S/C10H5ClF5N3O/c1-3-5-6(4(11)2-17-3)18-8(19-7(5)20)9(12,13)10(14,15)16/h2H,1H3,(H,18,19,20). The Labute approximate surface area is 112 Å². The first-order valence-electron chi connectivity index (χ1n) is 5.06. The van der Waals surface area contributed by atoms with Crippen LogP contribution in [0.3, 0.4) is 0 Å². The van der Waals surface area contributed by atoms with E-state index in [9.17, 15) is 26.7 Å². The lowest BCUT2D eigenvalue weighted by Gasteiger charge is -2.18. The van der Waals surface area contributed by atoms with Gasteiger partial charge in [0.25, 0.3) is 5.56 Å².